The summed E-state index contributed by atoms with van der Waals surface area (Å²) < 4.78 is 5.90. The van der Waals surface area contributed by atoms with Gasteiger partial charge in [-0.05, 0) is 109 Å². The SMILES string of the molecule is CC(C)CCC[C@H](C)[C@@H]1CC[C@@H]2[C@@H]3CC=C4C[C@H](OC(=O)Nc5ccc(Cl)c(Cl)c5)CC[C@]4(C)[C@@H]3CC[C@@]21C. The number of nitrogens with one attached hydrogen (secondary N) is 1. The largest absolute Gasteiger partial charge is 0.446 e. The maximum Gasteiger partial charge on any atom is 0.411 e. The Hall–Kier alpha value is -1.19. The van der Waals surface area contributed by atoms with Gasteiger partial charge in [-0.25, -0.2) is 4.79 Å². The number of fused-ring (bicyclic) bond motifs is 5. The topological polar surface area (TPSA) is 38.3 Å². The van der Waals surface area contributed by atoms with E-state index in [0.717, 1.165) is 54.8 Å². The number of anilines is 1. The lowest BCUT2D eigenvalue weighted by molar-refractivity contribution is -0.0577. The predicted molar refractivity (Wildman–Crippen MR) is 163 cm³/mol. The molecule has 4 aliphatic carbocycles. The van der Waals surface area contributed by atoms with Crippen molar-refractivity contribution in [2.75, 3.05) is 5.32 Å². The molecule has 39 heavy (non-hydrogen) atoms. The van der Waals surface area contributed by atoms with Crippen LogP contribution < -0.4 is 5.32 Å². The summed E-state index contributed by atoms with van der Waals surface area (Å²) in [6.45, 7) is 12.5. The van der Waals surface area contributed by atoms with Gasteiger partial charge in [0.05, 0.1) is 10.0 Å². The number of hydrogen-bond donors (Lipinski definition) is 1. The summed E-state index contributed by atoms with van der Waals surface area (Å²) in [5.41, 5.74) is 2.92. The van der Waals surface area contributed by atoms with E-state index in [4.69, 9.17) is 27.9 Å². The molecule has 0 aliphatic heterocycles. The van der Waals surface area contributed by atoms with Crippen LogP contribution >= 0.6 is 23.2 Å². The number of carbonyl (C=O) groups is 1. The van der Waals surface area contributed by atoms with Crippen LogP contribution in [0.3, 0.4) is 0 Å². The van der Waals surface area contributed by atoms with Crippen LogP contribution in [0.25, 0.3) is 0 Å². The van der Waals surface area contributed by atoms with Crippen molar-refractivity contribution < 1.29 is 9.53 Å². The monoisotopic (exact) mass is 573 g/mol. The van der Waals surface area contributed by atoms with E-state index in [2.05, 4.69) is 46.0 Å². The lowest BCUT2D eigenvalue weighted by Gasteiger charge is -2.58. The molecule has 3 saturated carbocycles. The van der Waals surface area contributed by atoms with Crippen molar-refractivity contribution in [3.63, 3.8) is 0 Å². The average molecular weight is 575 g/mol. The van der Waals surface area contributed by atoms with Gasteiger partial charge in [0.15, 0.2) is 0 Å². The molecule has 4 aliphatic rings. The van der Waals surface area contributed by atoms with Crippen molar-refractivity contribution in [3.05, 3.63) is 39.9 Å². The molecule has 0 heterocycles. The highest BCUT2D eigenvalue weighted by atomic mass is 35.5. The Balaban J connectivity index is 1.21. The third kappa shape index (κ3) is 5.78. The molecular weight excluding hydrogens is 525 g/mol. The second-order valence-electron chi connectivity index (χ2n) is 14.3. The Morgan fingerprint density at radius 2 is 1.82 bits per heavy atom. The zero-order chi connectivity index (χ0) is 27.9. The van der Waals surface area contributed by atoms with Crippen molar-refractivity contribution >= 4 is 35.0 Å². The van der Waals surface area contributed by atoms with Gasteiger partial charge in [0, 0.05) is 12.1 Å². The Kier molecular flexibility index (Phi) is 8.71. The van der Waals surface area contributed by atoms with Crippen LogP contribution in [0, 0.1) is 46.3 Å². The van der Waals surface area contributed by atoms with Gasteiger partial charge in [-0.3, -0.25) is 5.32 Å². The zero-order valence-corrected chi connectivity index (χ0v) is 26.2. The Bertz CT molecular complexity index is 1080. The summed E-state index contributed by atoms with van der Waals surface area (Å²) in [7, 11) is 0. The fraction of sp³-hybridized carbons (Fsp3) is 0.735. The second kappa shape index (κ2) is 11.6. The minimum atomic E-state index is -0.413. The molecule has 0 bridgehead atoms. The molecule has 8 atom stereocenters. The lowest BCUT2D eigenvalue weighted by atomic mass is 9.47. The molecule has 0 saturated heterocycles. The van der Waals surface area contributed by atoms with Crippen LogP contribution in [0.4, 0.5) is 10.5 Å². The van der Waals surface area contributed by atoms with Crippen LogP contribution in [0.5, 0.6) is 0 Å². The Morgan fingerprint density at radius 1 is 1.03 bits per heavy atom. The molecule has 1 aromatic carbocycles. The molecule has 216 valence electrons. The third-order valence-corrected chi connectivity index (χ3v) is 12.4. The fourth-order valence-electron chi connectivity index (χ4n) is 9.63. The van der Waals surface area contributed by atoms with Crippen LogP contribution in [0.1, 0.15) is 105 Å². The van der Waals surface area contributed by atoms with Crippen molar-refractivity contribution in [2.45, 2.75) is 111 Å². The highest BCUT2D eigenvalue weighted by Crippen LogP contribution is 2.67. The molecule has 5 heteroatoms. The fourth-order valence-corrected chi connectivity index (χ4v) is 9.92. The van der Waals surface area contributed by atoms with E-state index in [0.29, 0.717) is 21.1 Å². The van der Waals surface area contributed by atoms with E-state index in [1.807, 2.05) is 0 Å². The van der Waals surface area contributed by atoms with Crippen molar-refractivity contribution in [1.82, 2.24) is 0 Å². The first-order chi connectivity index (χ1) is 18.5. The van der Waals surface area contributed by atoms with Gasteiger partial charge in [-0.1, -0.05) is 88.7 Å². The summed E-state index contributed by atoms with van der Waals surface area (Å²) in [4.78, 5) is 12.7. The molecule has 1 N–H and O–H groups in total. The third-order valence-electron chi connectivity index (χ3n) is 11.7. The maximum absolute atomic E-state index is 12.7. The first kappa shape index (κ1) is 29.3. The summed E-state index contributed by atoms with van der Waals surface area (Å²) in [6, 6.07) is 5.09. The van der Waals surface area contributed by atoms with Crippen LogP contribution in [-0.2, 0) is 4.74 Å². The zero-order valence-electron chi connectivity index (χ0n) is 24.7. The van der Waals surface area contributed by atoms with E-state index in [-0.39, 0.29) is 11.5 Å². The second-order valence-corrected chi connectivity index (χ2v) is 15.1. The van der Waals surface area contributed by atoms with Gasteiger partial charge in [-0.15, -0.1) is 0 Å². The molecule has 5 rings (SSSR count). The Labute approximate surface area is 246 Å². The summed E-state index contributed by atoms with van der Waals surface area (Å²) >= 11 is 12.1. The van der Waals surface area contributed by atoms with Crippen molar-refractivity contribution in [2.24, 2.45) is 46.3 Å². The van der Waals surface area contributed by atoms with Crippen molar-refractivity contribution in [1.29, 1.82) is 0 Å². The number of ether oxygens (including phenoxy) is 1. The van der Waals surface area contributed by atoms with E-state index in [1.165, 1.54) is 51.4 Å². The average Bonchev–Trinajstić information content (AvgIpc) is 3.23. The van der Waals surface area contributed by atoms with Gasteiger partial charge in [0.1, 0.15) is 6.10 Å². The molecule has 0 aromatic heterocycles. The van der Waals surface area contributed by atoms with E-state index < -0.39 is 6.09 Å². The van der Waals surface area contributed by atoms with E-state index >= 15 is 0 Å². The van der Waals surface area contributed by atoms with E-state index in [9.17, 15) is 4.79 Å². The summed E-state index contributed by atoms with van der Waals surface area (Å²) in [5, 5.41) is 3.71. The molecule has 3 fully saturated rings. The lowest BCUT2D eigenvalue weighted by Crippen LogP contribution is -2.51. The first-order valence-corrected chi connectivity index (χ1v) is 16.4. The quantitative estimate of drug-likeness (QED) is 0.329. The number of hydrogen-bond acceptors (Lipinski definition) is 2. The maximum atomic E-state index is 12.7. The number of allylic oxidation sites excluding steroid dienone is 1. The predicted octanol–water partition coefficient (Wildman–Crippen LogP) is 11.0. The highest BCUT2D eigenvalue weighted by Gasteiger charge is 2.59. The first-order valence-electron chi connectivity index (χ1n) is 15.6. The molecule has 1 aromatic rings. The van der Waals surface area contributed by atoms with Gasteiger partial charge in [-0.2, -0.15) is 0 Å². The van der Waals surface area contributed by atoms with Gasteiger partial charge < -0.3 is 4.74 Å². The standard InChI is InChI=1S/C34H49Cl2NO2/c1-21(2)7-6-8-22(3)27-12-13-28-26-11-9-23-19-25(15-17-33(23,4)29(26)16-18-34(27,28)5)39-32(38)37-24-10-14-30(35)31(36)20-24/h9-10,14,20-22,25-29H,6-8,11-13,15-19H2,1-5H3,(H,37,38)/t22-,25+,26-,27-,28+,29+,33-,34+/m0/s1. The molecule has 1 amide bonds. The molecule has 0 radical (unpaired) electrons. The van der Waals surface area contributed by atoms with Gasteiger partial charge in [0.25, 0.3) is 0 Å². The number of benzene rings is 1. The van der Waals surface area contributed by atoms with Crippen LogP contribution in [0.2, 0.25) is 10.0 Å². The van der Waals surface area contributed by atoms with Crippen LogP contribution in [-0.4, -0.2) is 12.2 Å². The molecule has 0 spiro atoms. The minimum Gasteiger partial charge on any atom is -0.446 e. The Morgan fingerprint density at radius 3 is 2.56 bits per heavy atom. The summed E-state index contributed by atoms with van der Waals surface area (Å²) in [6.07, 6.45) is 16.0. The van der Waals surface area contributed by atoms with E-state index in [1.54, 1.807) is 23.8 Å². The normalized spacial score (nSPS) is 36.4. The molecule has 0 unspecified atom stereocenters. The number of halogens is 2. The molecule has 3 nitrogen and oxygen atoms in total. The minimum absolute atomic E-state index is 0.0694. The number of rotatable bonds is 7. The smallest absolute Gasteiger partial charge is 0.411 e. The van der Waals surface area contributed by atoms with Crippen molar-refractivity contribution in [3.8, 4) is 0 Å². The number of amides is 1. The van der Waals surface area contributed by atoms with Crippen LogP contribution in [0.15, 0.2) is 29.8 Å². The van der Waals surface area contributed by atoms with Gasteiger partial charge in [0.2, 0.25) is 0 Å². The highest BCUT2D eigenvalue weighted by molar-refractivity contribution is 6.42. The number of carbonyl (C=O) groups excluding carboxylic acids is 1. The van der Waals surface area contributed by atoms with Gasteiger partial charge >= 0.3 is 6.09 Å². The summed E-state index contributed by atoms with van der Waals surface area (Å²) in [5.74, 6) is 5.03. The molecular formula is C34H49Cl2NO2.